The number of amides is 1. The molecule has 11 heavy (non-hydrogen) atoms. The zero-order valence-corrected chi connectivity index (χ0v) is 7.48. The Hall–Kier alpha value is -0.610. The van der Waals surface area contributed by atoms with E-state index in [9.17, 15) is 4.79 Å². The van der Waals surface area contributed by atoms with Gasteiger partial charge in [-0.05, 0) is 6.42 Å². The summed E-state index contributed by atoms with van der Waals surface area (Å²) in [4.78, 5) is 10.7. The summed E-state index contributed by atoms with van der Waals surface area (Å²) < 4.78 is 0. The van der Waals surface area contributed by atoms with Crippen molar-refractivity contribution in [1.29, 1.82) is 0 Å². The second-order valence-electron chi connectivity index (χ2n) is 2.58. The summed E-state index contributed by atoms with van der Waals surface area (Å²) in [7, 11) is 5.52. The molecule has 0 fully saturated rings. The normalized spacial score (nSPS) is 10.2. The van der Waals surface area contributed by atoms with Crippen LogP contribution in [0, 0.1) is 0 Å². The molecule has 4 nitrogen and oxygen atoms in total. The summed E-state index contributed by atoms with van der Waals surface area (Å²) in [6, 6.07) is 0. The number of rotatable bonds is 5. The van der Waals surface area contributed by atoms with Crippen LogP contribution in [-0.2, 0) is 4.79 Å². The molecule has 0 aromatic carbocycles. The number of hydrogen-bond donors (Lipinski definition) is 2. The summed E-state index contributed by atoms with van der Waals surface area (Å²) in [6.07, 6.45) is 1.47. The minimum absolute atomic E-state index is 0.102. The van der Waals surface area contributed by atoms with Gasteiger partial charge in [0.2, 0.25) is 5.91 Å². The standard InChI is InChI=1S/C7H17N3O/c1-8-7(11)5-4-6-9-10(2)3/h9H,4-6H2,1-3H3,(H,8,11). The topological polar surface area (TPSA) is 44.4 Å². The molecule has 0 bridgehead atoms. The van der Waals surface area contributed by atoms with Crippen molar-refractivity contribution in [1.82, 2.24) is 15.8 Å². The Kier molecular flexibility index (Phi) is 5.78. The van der Waals surface area contributed by atoms with Gasteiger partial charge in [0.05, 0.1) is 0 Å². The van der Waals surface area contributed by atoms with Gasteiger partial charge in [0.15, 0.2) is 0 Å². The fourth-order valence-electron chi connectivity index (χ4n) is 0.677. The molecular weight excluding hydrogens is 142 g/mol. The summed E-state index contributed by atoms with van der Waals surface area (Å²) in [5, 5.41) is 4.45. The number of hydrazine groups is 1. The molecule has 66 valence electrons. The number of hydrogen-bond acceptors (Lipinski definition) is 3. The van der Waals surface area contributed by atoms with E-state index in [-0.39, 0.29) is 5.91 Å². The van der Waals surface area contributed by atoms with E-state index in [0.717, 1.165) is 13.0 Å². The summed E-state index contributed by atoms with van der Waals surface area (Å²) in [6.45, 7) is 0.848. The lowest BCUT2D eigenvalue weighted by atomic mass is 10.3. The van der Waals surface area contributed by atoms with Crippen molar-refractivity contribution < 1.29 is 4.79 Å². The van der Waals surface area contributed by atoms with Crippen molar-refractivity contribution in [2.45, 2.75) is 12.8 Å². The molecule has 0 aromatic heterocycles. The molecule has 1 amide bonds. The van der Waals surface area contributed by atoms with E-state index in [4.69, 9.17) is 0 Å². The number of nitrogens with one attached hydrogen (secondary N) is 2. The molecule has 0 radical (unpaired) electrons. The lowest BCUT2D eigenvalue weighted by Crippen LogP contribution is -2.31. The van der Waals surface area contributed by atoms with Gasteiger partial charge < -0.3 is 5.32 Å². The van der Waals surface area contributed by atoms with Crippen LogP contribution in [0.3, 0.4) is 0 Å². The molecule has 0 aromatic rings. The third-order valence-corrected chi connectivity index (χ3v) is 1.29. The van der Waals surface area contributed by atoms with E-state index in [2.05, 4.69) is 10.7 Å². The number of carbonyl (C=O) groups excluding carboxylic acids is 1. The van der Waals surface area contributed by atoms with Gasteiger partial charge >= 0.3 is 0 Å². The predicted octanol–water partition coefficient (Wildman–Crippen LogP) is -0.421. The third-order valence-electron chi connectivity index (χ3n) is 1.29. The Morgan fingerprint density at radius 1 is 1.45 bits per heavy atom. The molecular formula is C7H17N3O. The first-order valence-electron chi connectivity index (χ1n) is 3.78. The van der Waals surface area contributed by atoms with Gasteiger partial charge in [0.25, 0.3) is 0 Å². The molecule has 0 aliphatic carbocycles. The van der Waals surface area contributed by atoms with Crippen molar-refractivity contribution in [2.24, 2.45) is 0 Å². The zero-order chi connectivity index (χ0) is 8.69. The van der Waals surface area contributed by atoms with Crippen LogP contribution < -0.4 is 10.7 Å². The van der Waals surface area contributed by atoms with Crippen molar-refractivity contribution in [3.63, 3.8) is 0 Å². The highest BCUT2D eigenvalue weighted by molar-refractivity contribution is 5.75. The maximum Gasteiger partial charge on any atom is 0.219 e. The van der Waals surface area contributed by atoms with Gasteiger partial charge in [0.1, 0.15) is 0 Å². The molecule has 0 aliphatic heterocycles. The quantitative estimate of drug-likeness (QED) is 0.423. The molecule has 0 saturated carbocycles. The maximum atomic E-state index is 10.7. The Labute approximate surface area is 67.9 Å². The summed E-state index contributed by atoms with van der Waals surface area (Å²) >= 11 is 0. The maximum absolute atomic E-state index is 10.7. The largest absolute Gasteiger partial charge is 0.359 e. The van der Waals surface area contributed by atoms with Crippen LogP contribution in [0.1, 0.15) is 12.8 Å². The molecule has 0 aliphatic rings. The Balaban J connectivity index is 3.08. The first-order valence-corrected chi connectivity index (χ1v) is 3.78. The molecule has 0 heterocycles. The molecule has 0 spiro atoms. The second kappa shape index (κ2) is 6.12. The van der Waals surface area contributed by atoms with E-state index in [1.54, 1.807) is 7.05 Å². The van der Waals surface area contributed by atoms with Gasteiger partial charge in [-0.2, -0.15) is 0 Å². The van der Waals surface area contributed by atoms with E-state index >= 15 is 0 Å². The van der Waals surface area contributed by atoms with Gasteiger partial charge in [0, 0.05) is 34.1 Å². The third kappa shape index (κ3) is 7.29. The van der Waals surface area contributed by atoms with E-state index in [0.29, 0.717) is 6.42 Å². The van der Waals surface area contributed by atoms with Crippen molar-refractivity contribution in [3.05, 3.63) is 0 Å². The molecule has 0 saturated heterocycles. The van der Waals surface area contributed by atoms with Crippen LogP contribution in [0.5, 0.6) is 0 Å². The number of carbonyl (C=O) groups is 1. The summed E-state index contributed by atoms with van der Waals surface area (Å²) in [5.74, 6) is 0.102. The van der Waals surface area contributed by atoms with Crippen LogP contribution in [0.4, 0.5) is 0 Å². The van der Waals surface area contributed by atoms with Crippen LogP contribution in [0.25, 0.3) is 0 Å². The number of nitrogens with zero attached hydrogens (tertiary/aromatic N) is 1. The minimum atomic E-state index is 0.102. The predicted molar refractivity (Wildman–Crippen MR) is 45.0 cm³/mol. The second-order valence-corrected chi connectivity index (χ2v) is 2.58. The average Bonchev–Trinajstić information content (AvgIpc) is 1.97. The van der Waals surface area contributed by atoms with Crippen LogP contribution in [0.15, 0.2) is 0 Å². The Morgan fingerprint density at radius 2 is 2.09 bits per heavy atom. The van der Waals surface area contributed by atoms with Crippen LogP contribution >= 0.6 is 0 Å². The highest BCUT2D eigenvalue weighted by Gasteiger charge is 1.96. The highest BCUT2D eigenvalue weighted by atomic mass is 16.1. The van der Waals surface area contributed by atoms with Crippen LogP contribution in [-0.4, -0.2) is 38.6 Å². The first kappa shape index (κ1) is 10.4. The fourth-order valence-corrected chi connectivity index (χ4v) is 0.677. The molecule has 0 atom stereocenters. The molecule has 2 N–H and O–H groups in total. The summed E-state index contributed by atoms with van der Waals surface area (Å²) in [5.41, 5.74) is 3.08. The van der Waals surface area contributed by atoms with E-state index in [1.165, 1.54) is 0 Å². The van der Waals surface area contributed by atoms with Gasteiger partial charge in [-0.25, -0.2) is 0 Å². The zero-order valence-electron chi connectivity index (χ0n) is 7.48. The van der Waals surface area contributed by atoms with Crippen LogP contribution in [0.2, 0.25) is 0 Å². The first-order chi connectivity index (χ1) is 5.16. The van der Waals surface area contributed by atoms with Gasteiger partial charge in [-0.3, -0.25) is 15.2 Å². The lowest BCUT2D eigenvalue weighted by molar-refractivity contribution is -0.120. The van der Waals surface area contributed by atoms with E-state index in [1.807, 2.05) is 19.1 Å². The Morgan fingerprint density at radius 3 is 2.55 bits per heavy atom. The van der Waals surface area contributed by atoms with E-state index < -0.39 is 0 Å². The molecule has 4 heteroatoms. The fraction of sp³-hybridized carbons (Fsp3) is 0.857. The SMILES string of the molecule is CNC(=O)CCCNN(C)C. The molecule has 0 unspecified atom stereocenters. The molecule has 0 rings (SSSR count). The monoisotopic (exact) mass is 159 g/mol. The van der Waals surface area contributed by atoms with Crippen molar-refractivity contribution >= 4 is 5.91 Å². The smallest absolute Gasteiger partial charge is 0.219 e. The minimum Gasteiger partial charge on any atom is -0.359 e. The van der Waals surface area contributed by atoms with Gasteiger partial charge in [-0.1, -0.05) is 0 Å². The van der Waals surface area contributed by atoms with Crippen molar-refractivity contribution in [2.75, 3.05) is 27.7 Å². The van der Waals surface area contributed by atoms with Crippen molar-refractivity contribution in [3.8, 4) is 0 Å². The van der Waals surface area contributed by atoms with Gasteiger partial charge in [-0.15, -0.1) is 0 Å². The lowest BCUT2D eigenvalue weighted by Gasteiger charge is -2.10. The highest BCUT2D eigenvalue weighted by Crippen LogP contribution is 1.85. The average molecular weight is 159 g/mol. The Bertz CT molecular complexity index is 114.